The topological polar surface area (TPSA) is 38.9 Å². The van der Waals surface area contributed by atoms with Crippen molar-refractivity contribution in [3.63, 3.8) is 0 Å². The van der Waals surface area contributed by atoms with Gasteiger partial charge in [0.2, 0.25) is 0 Å². The molecule has 0 atom stereocenters. The molecular weight excluding hydrogens is 208 g/mol. The molecular formula is C15H14N2. The largest absolute Gasteiger partial charge is 0.330 e. The van der Waals surface area contributed by atoms with Gasteiger partial charge in [-0.25, -0.2) is 0 Å². The van der Waals surface area contributed by atoms with Gasteiger partial charge < -0.3 is 5.73 Å². The Bertz CT molecular complexity index is 536. The highest BCUT2D eigenvalue weighted by molar-refractivity contribution is 5.70. The molecule has 0 spiro atoms. The van der Waals surface area contributed by atoms with Crippen LogP contribution in [0.5, 0.6) is 0 Å². The predicted molar refractivity (Wildman–Crippen MR) is 70.2 cm³/mol. The normalized spacial score (nSPS) is 9.47. The zero-order valence-electron chi connectivity index (χ0n) is 9.56. The standard InChI is InChI=1S/C15H14N2/c16-10-5-4-8-14-12-17-11-9-15(14)13-6-2-1-3-7-13/h1-3,6-7,9,11-12H,5,10,16H2. The molecule has 17 heavy (non-hydrogen) atoms. The summed E-state index contributed by atoms with van der Waals surface area (Å²) in [6.45, 7) is 0.591. The average molecular weight is 222 g/mol. The van der Waals surface area contributed by atoms with Crippen LogP contribution in [-0.2, 0) is 0 Å². The lowest BCUT2D eigenvalue weighted by Crippen LogP contribution is -1.95. The third-order valence-electron chi connectivity index (χ3n) is 2.40. The van der Waals surface area contributed by atoms with Crippen LogP contribution in [0.2, 0.25) is 0 Å². The van der Waals surface area contributed by atoms with E-state index in [1.54, 1.807) is 12.4 Å². The molecule has 2 rings (SSSR count). The van der Waals surface area contributed by atoms with Crippen molar-refractivity contribution in [1.29, 1.82) is 0 Å². The number of nitrogens with zero attached hydrogens (tertiary/aromatic N) is 1. The van der Waals surface area contributed by atoms with E-state index in [4.69, 9.17) is 5.73 Å². The van der Waals surface area contributed by atoms with E-state index in [2.05, 4.69) is 29.0 Å². The molecule has 1 aromatic heterocycles. The average Bonchev–Trinajstić information content (AvgIpc) is 2.41. The Balaban J connectivity index is 2.39. The van der Waals surface area contributed by atoms with Crippen LogP contribution in [-0.4, -0.2) is 11.5 Å². The van der Waals surface area contributed by atoms with Crippen molar-refractivity contribution in [2.24, 2.45) is 5.73 Å². The van der Waals surface area contributed by atoms with E-state index in [9.17, 15) is 0 Å². The molecule has 0 amide bonds. The minimum Gasteiger partial charge on any atom is -0.330 e. The summed E-state index contributed by atoms with van der Waals surface area (Å²) in [4.78, 5) is 4.12. The first-order valence-electron chi connectivity index (χ1n) is 5.60. The van der Waals surface area contributed by atoms with Gasteiger partial charge in [0.25, 0.3) is 0 Å². The smallest absolute Gasteiger partial charge is 0.0507 e. The lowest BCUT2D eigenvalue weighted by Gasteiger charge is -2.03. The van der Waals surface area contributed by atoms with Crippen LogP contribution < -0.4 is 5.73 Å². The maximum absolute atomic E-state index is 5.42. The Morgan fingerprint density at radius 2 is 1.94 bits per heavy atom. The highest BCUT2D eigenvalue weighted by Crippen LogP contribution is 2.21. The Hall–Kier alpha value is -2.11. The Kier molecular flexibility index (Phi) is 3.90. The number of pyridine rings is 1. The van der Waals surface area contributed by atoms with E-state index in [0.29, 0.717) is 13.0 Å². The predicted octanol–water partition coefficient (Wildman–Crippen LogP) is 2.45. The van der Waals surface area contributed by atoms with Crippen LogP contribution in [0, 0.1) is 11.8 Å². The molecule has 2 heteroatoms. The van der Waals surface area contributed by atoms with E-state index in [1.807, 2.05) is 24.3 Å². The summed E-state index contributed by atoms with van der Waals surface area (Å²) in [6.07, 6.45) is 4.30. The molecule has 84 valence electrons. The Morgan fingerprint density at radius 1 is 1.12 bits per heavy atom. The molecule has 0 aliphatic heterocycles. The lowest BCUT2D eigenvalue weighted by molar-refractivity contribution is 1.03. The first-order valence-corrected chi connectivity index (χ1v) is 5.60. The summed E-state index contributed by atoms with van der Waals surface area (Å²) in [5, 5.41) is 0. The van der Waals surface area contributed by atoms with Gasteiger partial charge in [-0.1, -0.05) is 42.2 Å². The van der Waals surface area contributed by atoms with Crippen LogP contribution in [0.15, 0.2) is 48.8 Å². The molecule has 1 aromatic carbocycles. The van der Waals surface area contributed by atoms with Crippen molar-refractivity contribution in [1.82, 2.24) is 4.98 Å². The SMILES string of the molecule is NCCC#Cc1cnccc1-c1ccccc1. The molecule has 0 aliphatic carbocycles. The molecule has 2 N–H and O–H groups in total. The van der Waals surface area contributed by atoms with Gasteiger partial charge in [0.05, 0.1) is 5.56 Å². The summed E-state index contributed by atoms with van der Waals surface area (Å²) in [5.74, 6) is 6.17. The second-order valence-electron chi connectivity index (χ2n) is 3.63. The molecule has 2 aromatic rings. The number of rotatable bonds is 2. The molecule has 0 radical (unpaired) electrons. The van der Waals surface area contributed by atoms with Crippen LogP contribution in [0.25, 0.3) is 11.1 Å². The molecule has 0 unspecified atom stereocenters. The maximum atomic E-state index is 5.42. The minimum absolute atomic E-state index is 0.591. The van der Waals surface area contributed by atoms with Gasteiger partial charge in [0.15, 0.2) is 0 Å². The summed E-state index contributed by atoms with van der Waals surface area (Å²) < 4.78 is 0. The van der Waals surface area contributed by atoms with Crippen molar-refractivity contribution in [3.05, 3.63) is 54.4 Å². The van der Waals surface area contributed by atoms with E-state index in [-0.39, 0.29) is 0 Å². The van der Waals surface area contributed by atoms with Crippen LogP contribution in [0.3, 0.4) is 0 Å². The fourth-order valence-electron chi connectivity index (χ4n) is 1.59. The first-order chi connectivity index (χ1) is 8.42. The van der Waals surface area contributed by atoms with Crippen molar-refractivity contribution < 1.29 is 0 Å². The van der Waals surface area contributed by atoms with Crippen LogP contribution >= 0.6 is 0 Å². The zero-order valence-corrected chi connectivity index (χ0v) is 9.56. The molecule has 0 saturated heterocycles. The first kappa shape index (κ1) is 11.4. The molecule has 0 bridgehead atoms. The van der Waals surface area contributed by atoms with Crippen molar-refractivity contribution in [3.8, 4) is 23.0 Å². The number of nitrogens with two attached hydrogens (primary N) is 1. The fraction of sp³-hybridized carbons (Fsp3) is 0.133. The van der Waals surface area contributed by atoms with Gasteiger partial charge in [-0.15, -0.1) is 0 Å². The minimum atomic E-state index is 0.591. The molecule has 0 saturated carbocycles. The van der Waals surface area contributed by atoms with E-state index in [0.717, 1.165) is 16.7 Å². The highest BCUT2D eigenvalue weighted by atomic mass is 14.6. The Labute approximate surface area is 102 Å². The van der Waals surface area contributed by atoms with Gasteiger partial charge in [-0.3, -0.25) is 4.98 Å². The van der Waals surface area contributed by atoms with Crippen LogP contribution in [0.1, 0.15) is 12.0 Å². The highest BCUT2D eigenvalue weighted by Gasteiger charge is 2.01. The Morgan fingerprint density at radius 3 is 2.71 bits per heavy atom. The lowest BCUT2D eigenvalue weighted by atomic mass is 10.0. The second-order valence-corrected chi connectivity index (χ2v) is 3.63. The summed E-state index contributed by atoms with van der Waals surface area (Å²) >= 11 is 0. The van der Waals surface area contributed by atoms with E-state index < -0.39 is 0 Å². The van der Waals surface area contributed by atoms with E-state index >= 15 is 0 Å². The van der Waals surface area contributed by atoms with Gasteiger partial charge in [0.1, 0.15) is 0 Å². The van der Waals surface area contributed by atoms with Crippen molar-refractivity contribution in [2.75, 3.05) is 6.54 Å². The summed E-state index contributed by atoms with van der Waals surface area (Å²) in [7, 11) is 0. The molecule has 0 fully saturated rings. The summed E-state index contributed by atoms with van der Waals surface area (Å²) in [5.41, 5.74) is 8.65. The second kappa shape index (κ2) is 5.83. The molecule has 1 heterocycles. The number of aromatic nitrogens is 1. The molecule has 0 aliphatic rings. The third kappa shape index (κ3) is 2.93. The maximum Gasteiger partial charge on any atom is 0.0507 e. The quantitative estimate of drug-likeness (QED) is 0.793. The fourth-order valence-corrected chi connectivity index (χ4v) is 1.59. The third-order valence-corrected chi connectivity index (χ3v) is 2.40. The molecule has 2 nitrogen and oxygen atoms in total. The van der Waals surface area contributed by atoms with Crippen molar-refractivity contribution in [2.45, 2.75) is 6.42 Å². The van der Waals surface area contributed by atoms with Gasteiger partial charge in [-0.05, 0) is 11.6 Å². The van der Waals surface area contributed by atoms with Crippen LogP contribution in [0.4, 0.5) is 0 Å². The van der Waals surface area contributed by atoms with Gasteiger partial charge >= 0.3 is 0 Å². The van der Waals surface area contributed by atoms with E-state index in [1.165, 1.54) is 0 Å². The van der Waals surface area contributed by atoms with Crippen molar-refractivity contribution >= 4 is 0 Å². The number of benzene rings is 1. The number of hydrogen-bond acceptors (Lipinski definition) is 2. The summed E-state index contributed by atoms with van der Waals surface area (Å²) in [6, 6.07) is 12.2. The van der Waals surface area contributed by atoms with Gasteiger partial charge in [0, 0.05) is 30.9 Å². The number of hydrogen-bond donors (Lipinski definition) is 1. The zero-order chi connectivity index (χ0) is 11.9. The van der Waals surface area contributed by atoms with Gasteiger partial charge in [-0.2, -0.15) is 0 Å². The monoisotopic (exact) mass is 222 g/mol.